The average Bonchev–Trinajstić information content (AvgIpc) is 2.99. The molecule has 0 fully saturated rings. The van der Waals surface area contributed by atoms with Gasteiger partial charge in [0.1, 0.15) is 17.8 Å². The topological polar surface area (TPSA) is 86.5 Å². The molecule has 0 aliphatic heterocycles. The van der Waals surface area contributed by atoms with E-state index in [4.69, 9.17) is 0 Å². The van der Waals surface area contributed by atoms with Crippen LogP contribution in [0.5, 0.6) is 0 Å². The lowest BCUT2D eigenvalue weighted by Crippen LogP contribution is -1.94. The Morgan fingerprint density at radius 1 is 1.19 bits per heavy atom. The summed E-state index contributed by atoms with van der Waals surface area (Å²) in [4.78, 5) is 25.8. The van der Waals surface area contributed by atoms with Crippen molar-refractivity contribution in [3.8, 4) is 0 Å². The average molecular weight is 297 g/mol. The van der Waals surface area contributed by atoms with Gasteiger partial charge in [-0.25, -0.2) is 9.97 Å². The van der Waals surface area contributed by atoms with E-state index in [1.807, 2.05) is 31.2 Å². The highest BCUT2D eigenvalue weighted by molar-refractivity contribution is 7.16. The number of anilines is 2. The Hall–Kier alpha value is -2.67. The van der Waals surface area contributed by atoms with E-state index in [0.717, 1.165) is 38.4 Å². The van der Waals surface area contributed by atoms with Crippen LogP contribution < -0.4 is 10.2 Å². The van der Waals surface area contributed by atoms with Crippen LogP contribution in [0.3, 0.4) is 0 Å². The Bertz CT molecular complexity index is 1010. The number of hydrogen-bond acceptors (Lipinski definition) is 5. The second-order valence-electron chi connectivity index (χ2n) is 4.79. The van der Waals surface area contributed by atoms with E-state index in [2.05, 4.69) is 25.3 Å². The number of aryl methyl sites for hydroxylation is 1. The molecule has 0 saturated carbocycles. The van der Waals surface area contributed by atoms with Crippen LogP contribution in [-0.2, 0) is 0 Å². The van der Waals surface area contributed by atoms with Gasteiger partial charge >= 0.3 is 4.87 Å². The number of benzene rings is 1. The maximum atomic E-state index is 11.4. The fourth-order valence-corrected chi connectivity index (χ4v) is 3.11. The van der Waals surface area contributed by atoms with Crippen LogP contribution in [0.1, 0.15) is 5.69 Å². The number of aromatic nitrogens is 4. The quantitative estimate of drug-likeness (QED) is 0.531. The first-order valence-electron chi connectivity index (χ1n) is 6.39. The summed E-state index contributed by atoms with van der Waals surface area (Å²) < 4.78 is 0.917. The molecule has 3 heterocycles. The Morgan fingerprint density at radius 2 is 2.10 bits per heavy atom. The number of nitrogens with zero attached hydrogens (tertiary/aromatic N) is 2. The molecular formula is C14H11N5OS. The van der Waals surface area contributed by atoms with Crippen LogP contribution in [0, 0.1) is 6.92 Å². The highest BCUT2D eigenvalue weighted by atomic mass is 32.1. The van der Waals surface area contributed by atoms with Gasteiger partial charge in [-0.2, -0.15) is 0 Å². The third-order valence-corrected chi connectivity index (χ3v) is 4.09. The van der Waals surface area contributed by atoms with Crippen molar-refractivity contribution in [1.29, 1.82) is 0 Å². The normalized spacial score (nSPS) is 11.3. The monoisotopic (exact) mass is 297 g/mol. The molecule has 3 N–H and O–H groups in total. The molecule has 0 amide bonds. The lowest BCUT2D eigenvalue weighted by atomic mass is 10.3. The highest BCUT2D eigenvalue weighted by Gasteiger charge is 2.07. The molecule has 0 aliphatic rings. The van der Waals surface area contributed by atoms with Gasteiger partial charge in [0.25, 0.3) is 0 Å². The van der Waals surface area contributed by atoms with E-state index in [0.29, 0.717) is 0 Å². The zero-order valence-corrected chi connectivity index (χ0v) is 11.9. The van der Waals surface area contributed by atoms with E-state index in [1.165, 1.54) is 17.7 Å². The molecule has 104 valence electrons. The number of hydrogen-bond donors (Lipinski definition) is 3. The standard InChI is InChI=1S/C14H11N5OS/c1-7-4-9-12(17-7)15-6-16-13(9)18-8-2-3-10-11(5-8)21-14(20)19-10/h2-6H,1H3,(H,19,20)(H2,15,16,17,18). The fraction of sp³-hybridized carbons (Fsp3) is 0.0714. The maximum absolute atomic E-state index is 11.4. The third-order valence-electron chi connectivity index (χ3n) is 3.24. The minimum Gasteiger partial charge on any atom is -0.343 e. The fourth-order valence-electron chi connectivity index (χ4n) is 2.33. The van der Waals surface area contributed by atoms with Crippen molar-refractivity contribution in [2.75, 3.05) is 5.32 Å². The van der Waals surface area contributed by atoms with Gasteiger partial charge in [-0.1, -0.05) is 11.3 Å². The van der Waals surface area contributed by atoms with E-state index < -0.39 is 0 Å². The molecule has 7 heteroatoms. The Morgan fingerprint density at radius 3 is 3.00 bits per heavy atom. The van der Waals surface area contributed by atoms with Crippen molar-refractivity contribution < 1.29 is 0 Å². The number of fused-ring (bicyclic) bond motifs is 2. The molecule has 0 bridgehead atoms. The molecule has 4 aromatic rings. The van der Waals surface area contributed by atoms with Gasteiger partial charge < -0.3 is 15.3 Å². The molecule has 4 rings (SSSR count). The van der Waals surface area contributed by atoms with Gasteiger partial charge in [-0.05, 0) is 31.2 Å². The van der Waals surface area contributed by atoms with Crippen molar-refractivity contribution in [2.45, 2.75) is 6.92 Å². The molecule has 3 aromatic heterocycles. The van der Waals surface area contributed by atoms with E-state index in [-0.39, 0.29) is 4.87 Å². The molecule has 0 radical (unpaired) electrons. The molecule has 0 saturated heterocycles. The van der Waals surface area contributed by atoms with E-state index in [1.54, 1.807) is 0 Å². The Balaban J connectivity index is 1.80. The zero-order valence-electron chi connectivity index (χ0n) is 11.1. The molecule has 21 heavy (non-hydrogen) atoms. The molecule has 0 unspecified atom stereocenters. The van der Waals surface area contributed by atoms with E-state index in [9.17, 15) is 4.79 Å². The van der Waals surface area contributed by atoms with Crippen LogP contribution in [0.15, 0.2) is 35.4 Å². The largest absolute Gasteiger partial charge is 0.343 e. The minimum absolute atomic E-state index is 0.0483. The Kier molecular flexibility index (Phi) is 2.55. The maximum Gasteiger partial charge on any atom is 0.305 e. The highest BCUT2D eigenvalue weighted by Crippen LogP contribution is 2.26. The number of nitrogens with one attached hydrogen (secondary N) is 3. The number of thiazole rings is 1. The van der Waals surface area contributed by atoms with Crippen LogP contribution in [-0.4, -0.2) is 19.9 Å². The summed E-state index contributed by atoms with van der Waals surface area (Å²) in [6, 6.07) is 7.74. The first-order valence-corrected chi connectivity index (χ1v) is 7.21. The minimum atomic E-state index is -0.0483. The summed E-state index contributed by atoms with van der Waals surface area (Å²) in [5, 5.41) is 4.22. The van der Waals surface area contributed by atoms with Gasteiger partial charge in [-0.15, -0.1) is 0 Å². The molecule has 0 aliphatic carbocycles. The van der Waals surface area contributed by atoms with Gasteiger partial charge in [0.05, 0.1) is 15.6 Å². The van der Waals surface area contributed by atoms with Crippen molar-refractivity contribution in [3.63, 3.8) is 0 Å². The van der Waals surface area contributed by atoms with Crippen LogP contribution in [0.2, 0.25) is 0 Å². The number of aromatic amines is 2. The lowest BCUT2D eigenvalue weighted by Gasteiger charge is -2.06. The smallest absolute Gasteiger partial charge is 0.305 e. The van der Waals surface area contributed by atoms with E-state index >= 15 is 0 Å². The van der Waals surface area contributed by atoms with Crippen molar-refractivity contribution in [2.24, 2.45) is 0 Å². The second kappa shape index (κ2) is 4.42. The number of rotatable bonds is 2. The van der Waals surface area contributed by atoms with Crippen molar-refractivity contribution in [1.82, 2.24) is 19.9 Å². The summed E-state index contributed by atoms with van der Waals surface area (Å²) in [7, 11) is 0. The first kappa shape index (κ1) is 12.1. The van der Waals surface area contributed by atoms with Gasteiger partial charge in [0.2, 0.25) is 0 Å². The summed E-state index contributed by atoms with van der Waals surface area (Å²) in [6.07, 6.45) is 1.52. The Labute approximate surface area is 122 Å². The number of H-pyrrole nitrogens is 2. The zero-order chi connectivity index (χ0) is 14.4. The molecule has 1 aromatic carbocycles. The second-order valence-corrected chi connectivity index (χ2v) is 5.80. The SMILES string of the molecule is Cc1cc2c(Nc3ccc4[nH]c(=O)sc4c3)ncnc2[nH]1. The van der Waals surface area contributed by atoms with Gasteiger partial charge in [0.15, 0.2) is 0 Å². The lowest BCUT2D eigenvalue weighted by molar-refractivity contribution is 1.18. The summed E-state index contributed by atoms with van der Waals surface area (Å²) in [5.74, 6) is 0.742. The predicted molar refractivity (Wildman–Crippen MR) is 84.4 cm³/mol. The van der Waals surface area contributed by atoms with Crippen LogP contribution in [0.25, 0.3) is 21.3 Å². The van der Waals surface area contributed by atoms with Crippen LogP contribution >= 0.6 is 11.3 Å². The first-order chi connectivity index (χ1) is 10.2. The third kappa shape index (κ3) is 2.07. The molecule has 0 spiro atoms. The summed E-state index contributed by atoms with van der Waals surface area (Å²) in [6.45, 7) is 1.98. The molecule has 0 atom stereocenters. The molecular weight excluding hydrogens is 286 g/mol. The van der Waals surface area contributed by atoms with Gasteiger partial charge in [0, 0.05) is 11.4 Å². The van der Waals surface area contributed by atoms with Crippen molar-refractivity contribution >= 4 is 44.1 Å². The molecule has 6 nitrogen and oxygen atoms in total. The summed E-state index contributed by atoms with van der Waals surface area (Å²) >= 11 is 1.19. The van der Waals surface area contributed by atoms with Crippen molar-refractivity contribution in [3.05, 3.63) is 46.0 Å². The van der Waals surface area contributed by atoms with Crippen LogP contribution in [0.4, 0.5) is 11.5 Å². The predicted octanol–water partition coefficient (Wildman–Crippen LogP) is 2.91. The van der Waals surface area contributed by atoms with Gasteiger partial charge in [-0.3, -0.25) is 4.79 Å². The summed E-state index contributed by atoms with van der Waals surface area (Å²) in [5.41, 5.74) is 3.57.